The molecule has 0 aliphatic rings. The molecule has 21 heavy (non-hydrogen) atoms. The number of anilines is 1. The Labute approximate surface area is 130 Å². The fourth-order valence-corrected chi connectivity index (χ4v) is 2.08. The molecule has 0 aliphatic heterocycles. The molecule has 0 spiro atoms. The smallest absolute Gasteiger partial charge is 0.191 e. The standard InChI is InChI=1S/C16H18N4S/c1-11-6-4-7-12(2)15(11)18-16(21)20-19-13(3)14-8-5-9-17-10-14/h4-10H,1-3H3,(H2,18,20,21)/b19-13+. The summed E-state index contributed by atoms with van der Waals surface area (Å²) in [6.45, 7) is 6.00. The van der Waals surface area contributed by atoms with E-state index in [2.05, 4.69) is 20.8 Å². The zero-order valence-electron chi connectivity index (χ0n) is 12.3. The van der Waals surface area contributed by atoms with Crippen LogP contribution < -0.4 is 10.7 Å². The number of pyridine rings is 1. The van der Waals surface area contributed by atoms with Crippen LogP contribution in [0.1, 0.15) is 23.6 Å². The van der Waals surface area contributed by atoms with Gasteiger partial charge in [-0.1, -0.05) is 24.3 Å². The van der Waals surface area contributed by atoms with Crippen molar-refractivity contribution in [1.82, 2.24) is 10.4 Å². The van der Waals surface area contributed by atoms with E-state index in [1.807, 2.05) is 51.1 Å². The summed E-state index contributed by atoms with van der Waals surface area (Å²) in [5, 5.41) is 7.92. The maximum Gasteiger partial charge on any atom is 0.191 e. The Bertz CT molecular complexity index is 645. The lowest BCUT2D eigenvalue weighted by atomic mass is 10.1. The second-order valence-corrected chi connectivity index (χ2v) is 5.18. The van der Waals surface area contributed by atoms with Gasteiger partial charge < -0.3 is 5.32 Å². The quantitative estimate of drug-likeness (QED) is 0.518. The van der Waals surface area contributed by atoms with Gasteiger partial charge in [-0.05, 0) is 50.2 Å². The van der Waals surface area contributed by atoms with E-state index >= 15 is 0 Å². The van der Waals surface area contributed by atoms with Gasteiger partial charge in [-0.2, -0.15) is 5.10 Å². The summed E-state index contributed by atoms with van der Waals surface area (Å²) in [4.78, 5) is 4.07. The predicted molar refractivity (Wildman–Crippen MR) is 91.7 cm³/mol. The fourth-order valence-electron chi connectivity index (χ4n) is 1.93. The van der Waals surface area contributed by atoms with Crippen molar-refractivity contribution in [2.24, 2.45) is 5.10 Å². The monoisotopic (exact) mass is 298 g/mol. The van der Waals surface area contributed by atoms with Gasteiger partial charge in [0, 0.05) is 23.6 Å². The molecule has 0 saturated carbocycles. The maximum atomic E-state index is 5.28. The van der Waals surface area contributed by atoms with E-state index in [9.17, 15) is 0 Å². The Kier molecular flexibility index (Phi) is 5.00. The largest absolute Gasteiger partial charge is 0.331 e. The normalized spacial score (nSPS) is 11.1. The summed E-state index contributed by atoms with van der Waals surface area (Å²) >= 11 is 5.28. The molecule has 4 nitrogen and oxygen atoms in total. The molecule has 2 N–H and O–H groups in total. The van der Waals surface area contributed by atoms with Gasteiger partial charge in [-0.3, -0.25) is 10.4 Å². The minimum atomic E-state index is 0.468. The summed E-state index contributed by atoms with van der Waals surface area (Å²) in [7, 11) is 0. The van der Waals surface area contributed by atoms with Gasteiger partial charge >= 0.3 is 0 Å². The Morgan fingerprint density at radius 1 is 1.14 bits per heavy atom. The lowest BCUT2D eigenvalue weighted by Gasteiger charge is -2.13. The number of para-hydroxylation sites is 1. The van der Waals surface area contributed by atoms with Crippen molar-refractivity contribution in [1.29, 1.82) is 0 Å². The average molecular weight is 298 g/mol. The van der Waals surface area contributed by atoms with Crippen LogP contribution in [0.25, 0.3) is 0 Å². The molecule has 0 saturated heterocycles. The van der Waals surface area contributed by atoms with E-state index < -0.39 is 0 Å². The van der Waals surface area contributed by atoms with Crippen molar-refractivity contribution in [3.63, 3.8) is 0 Å². The number of hydrogen-bond donors (Lipinski definition) is 2. The highest BCUT2D eigenvalue weighted by Gasteiger charge is 2.04. The van der Waals surface area contributed by atoms with E-state index in [-0.39, 0.29) is 0 Å². The molecular weight excluding hydrogens is 280 g/mol. The molecule has 2 aromatic rings. The number of hydrogen-bond acceptors (Lipinski definition) is 3. The number of hydrazone groups is 1. The van der Waals surface area contributed by atoms with Crippen LogP contribution in [0.4, 0.5) is 5.69 Å². The first-order valence-electron chi connectivity index (χ1n) is 6.66. The number of thiocarbonyl (C=S) groups is 1. The summed E-state index contributed by atoms with van der Waals surface area (Å²) in [5.41, 5.74) is 7.96. The van der Waals surface area contributed by atoms with Crippen LogP contribution in [0.2, 0.25) is 0 Å². The van der Waals surface area contributed by atoms with Crippen molar-refractivity contribution in [2.45, 2.75) is 20.8 Å². The molecule has 0 radical (unpaired) electrons. The first-order valence-corrected chi connectivity index (χ1v) is 7.06. The van der Waals surface area contributed by atoms with Crippen molar-refractivity contribution < 1.29 is 0 Å². The molecule has 108 valence electrons. The third-order valence-electron chi connectivity index (χ3n) is 3.12. The van der Waals surface area contributed by atoms with E-state index in [4.69, 9.17) is 12.2 Å². The van der Waals surface area contributed by atoms with Crippen LogP contribution >= 0.6 is 12.2 Å². The lowest BCUT2D eigenvalue weighted by molar-refractivity contribution is 1.03. The van der Waals surface area contributed by atoms with Crippen molar-refractivity contribution in [3.05, 3.63) is 59.4 Å². The number of rotatable bonds is 3. The summed E-state index contributed by atoms with van der Waals surface area (Å²) in [5.74, 6) is 0. The number of aromatic nitrogens is 1. The van der Waals surface area contributed by atoms with Gasteiger partial charge in [0.25, 0.3) is 0 Å². The highest BCUT2D eigenvalue weighted by Crippen LogP contribution is 2.19. The summed E-state index contributed by atoms with van der Waals surface area (Å²) < 4.78 is 0. The molecule has 1 heterocycles. The number of nitrogens with one attached hydrogen (secondary N) is 2. The third-order valence-corrected chi connectivity index (χ3v) is 3.32. The van der Waals surface area contributed by atoms with Crippen molar-refractivity contribution >= 4 is 28.7 Å². The van der Waals surface area contributed by atoms with Crippen LogP contribution in [-0.2, 0) is 0 Å². The van der Waals surface area contributed by atoms with Crippen LogP contribution in [0.3, 0.4) is 0 Å². The number of benzene rings is 1. The first kappa shape index (κ1) is 15.1. The van der Waals surface area contributed by atoms with Crippen LogP contribution in [0.15, 0.2) is 47.8 Å². The highest BCUT2D eigenvalue weighted by atomic mass is 32.1. The molecular formula is C16H18N4S. The van der Waals surface area contributed by atoms with E-state index in [0.29, 0.717) is 5.11 Å². The molecule has 5 heteroatoms. The molecule has 0 atom stereocenters. The topological polar surface area (TPSA) is 49.3 Å². The Morgan fingerprint density at radius 2 is 1.86 bits per heavy atom. The Balaban J connectivity index is 2.03. The van der Waals surface area contributed by atoms with E-state index in [0.717, 1.165) is 28.1 Å². The summed E-state index contributed by atoms with van der Waals surface area (Å²) in [6, 6.07) is 9.94. The molecule has 0 amide bonds. The fraction of sp³-hybridized carbons (Fsp3) is 0.188. The van der Waals surface area contributed by atoms with E-state index in [1.165, 1.54) is 0 Å². The van der Waals surface area contributed by atoms with Gasteiger partial charge in [0.15, 0.2) is 5.11 Å². The minimum Gasteiger partial charge on any atom is -0.331 e. The Morgan fingerprint density at radius 3 is 2.48 bits per heavy atom. The molecule has 1 aromatic heterocycles. The zero-order chi connectivity index (χ0) is 15.2. The van der Waals surface area contributed by atoms with Crippen molar-refractivity contribution in [3.8, 4) is 0 Å². The predicted octanol–water partition coefficient (Wildman–Crippen LogP) is 3.41. The highest BCUT2D eigenvalue weighted by molar-refractivity contribution is 7.80. The third kappa shape index (κ3) is 4.10. The van der Waals surface area contributed by atoms with Crippen molar-refractivity contribution in [2.75, 3.05) is 5.32 Å². The molecule has 0 fully saturated rings. The zero-order valence-corrected chi connectivity index (χ0v) is 13.2. The molecule has 2 rings (SSSR count). The van der Waals surface area contributed by atoms with Gasteiger partial charge in [-0.15, -0.1) is 0 Å². The second kappa shape index (κ2) is 6.95. The average Bonchev–Trinajstić information content (AvgIpc) is 2.49. The van der Waals surface area contributed by atoms with Gasteiger partial charge in [0.2, 0.25) is 0 Å². The maximum absolute atomic E-state index is 5.28. The number of aryl methyl sites for hydroxylation is 2. The SMILES string of the molecule is C/C(=N\NC(=S)Nc1c(C)cccc1C)c1cccnc1. The Hall–Kier alpha value is -2.27. The molecule has 0 bridgehead atoms. The molecule has 0 unspecified atom stereocenters. The second-order valence-electron chi connectivity index (χ2n) is 4.77. The van der Waals surface area contributed by atoms with Gasteiger partial charge in [0.05, 0.1) is 5.71 Å². The van der Waals surface area contributed by atoms with Gasteiger partial charge in [-0.25, -0.2) is 0 Å². The first-order chi connectivity index (χ1) is 10.1. The lowest BCUT2D eigenvalue weighted by Crippen LogP contribution is -2.25. The van der Waals surface area contributed by atoms with Gasteiger partial charge in [0.1, 0.15) is 0 Å². The number of nitrogens with zero attached hydrogens (tertiary/aromatic N) is 2. The van der Waals surface area contributed by atoms with Crippen LogP contribution in [0.5, 0.6) is 0 Å². The molecule has 0 aliphatic carbocycles. The van der Waals surface area contributed by atoms with E-state index in [1.54, 1.807) is 12.4 Å². The summed E-state index contributed by atoms with van der Waals surface area (Å²) in [6.07, 6.45) is 3.50. The van der Waals surface area contributed by atoms with Crippen LogP contribution in [-0.4, -0.2) is 15.8 Å². The molecule has 1 aromatic carbocycles. The minimum absolute atomic E-state index is 0.468. The van der Waals surface area contributed by atoms with Crippen LogP contribution in [0, 0.1) is 13.8 Å².